The number of carbonyl (C=O) groups is 2. The van der Waals surface area contributed by atoms with Gasteiger partial charge in [0, 0.05) is 17.9 Å². The molecule has 2 heterocycles. The van der Waals surface area contributed by atoms with Crippen molar-refractivity contribution in [3.8, 4) is 0 Å². The van der Waals surface area contributed by atoms with Crippen molar-refractivity contribution < 1.29 is 28.9 Å². The van der Waals surface area contributed by atoms with Crippen molar-refractivity contribution in [2.24, 2.45) is 35.5 Å². The van der Waals surface area contributed by atoms with Gasteiger partial charge < -0.3 is 24.2 Å². The van der Waals surface area contributed by atoms with Crippen LogP contribution in [0.2, 0.25) is 0 Å². The number of esters is 1. The van der Waals surface area contributed by atoms with Crippen LogP contribution >= 0.6 is 0 Å². The van der Waals surface area contributed by atoms with Gasteiger partial charge in [-0.25, -0.2) is 0 Å². The van der Waals surface area contributed by atoms with E-state index in [1.165, 1.54) is 0 Å². The lowest BCUT2D eigenvalue weighted by molar-refractivity contribution is -0.281. The van der Waals surface area contributed by atoms with Crippen LogP contribution in [-0.2, 0) is 23.8 Å². The molecule has 0 aromatic heterocycles. The zero-order valence-electron chi connectivity index (χ0n) is 25.8. The fraction of sp³-hybridized carbons (Fsp3) is 0.871. The van der Waals surface area contributed by atoms with Crippen LogP contribution in [0.3, 0.4) is 0 Å². The Kier molecular flexibility index (Phi) is 12.5. The fourth-order valence-corrected chi connectivity index (χ4v) is 6.30. The van der Waals surface area contributed by atoms with Crippen molar-refractivity contribution in [2.75, 3.05) is 14.1 Å². The van der Waals surface area contributed by atoms with Crippen LogP contribution in [0.25, 0.3) is 0 Å². The van der Waals surface area contributed by atoms with Gasteiger partial charge in [-0.15, -0.1) is 0 Å². The SMILES string of the molecule is CCC[C@H]1OC(=O)[C@H](C)[C@@H](C)[C@H](C)C(O[C@H]2OC(C)CC(N(C)C)C2O)[C@@H](C)C[C@@H](C)C(=O)/C(C)=C/[C@H]1C. The average Bonchev–Trinajstić information content (AvgIpc) is 2.85. The molecule has 0 aromatic rings. The normalized spacial score (nSPS) is 43.8. The summed E-state index contributed by atoms with van der Waals surface area (Å²) in [5.74, 6) is -0.717. The summed E-state index contributed by atoms with van der Waals surface area (Å²) in [5.41, 5.74) is 0.715. The van der Waals surface area contributed by atoms with Crippen molar-refractivity contribution in [1.82, 2.24) is 4.90 Å². The Bertz CT molecular complexity index is 812. The van der Waals surface area contributed by atoms with Gasteiger partial charge in [-0.05, 0) is 70.5 Å². The molecule has 0 bridgehead atoms. The maximum Gasteiger partial charge on any atom is 0.309 e. The molecule has 1 saturated heterocycles. The van der Waals surface area contributed by atoms with Crippen molar-refractivity contribution in [1.29, 1.82) is 0 Å². The number of rotatable bonds is 5. The van der Waals surface area contributed by atoms with E-state index in [0.29, 0.717) is 12.0 Å². The minimum atomic E-state index is -0.799. The molecule has 38 heavy (non-hydrogen) atoms. The van der Waals surface area contributed by atoms with Gasteiger partial charge in [0.25, 0.3) is 0 Å². The molecule has 0 amide bonds. The van der Waals surface area contributed by atoms with Crippen LogP contribution in [0.1, 0.15) is 88.0 Å². The van der Waals surface area contributed by atoms with Crippen molar-refractivity contribution >= 4 is 11.8 Å². The third-order valence-electron chi connectivity index (χ3n) is 9.14. The maximum atomic E-state index is 13.4. The summed E-state index contributed by atoms with van der Waals surface area (Å²) in [6.45, 7) is 18.2. The van der Waals surface area contributed by atoms with Gasteiger partial charge in [0.05, 0.1) is 18.1 Å². The molecule has 0 aromatic carbocycles. The van der Waals surface area contributed by atoms with E-state index in [4.69, 9.17) is 14.2 Å². The van der Waals surface area contributed by atoms with Crippen LogP contribution in [0.15, 0.2) is 11.6 Å². The predicted octanol–water partition coefficient (Wildman–Crippen LogP) is 5.25. The second kappa shape index (κ2) is 14.4. The fourth-order valence-electron chi connectivity index (χ4n) is 6.30. The number of allylic oxidation sites excluding steroid dienone is 1. The molecule has 2 aliphatic rings. The highest BCUT2D eigenvalue weighted by Gasteiger charge is 2.43. The first kappa shape index (κ1) is 32.9. The van der Waals surface area contributed by atoms with E-state index < -0.39 is 12.4 Å². The molecule has 0 spiro atoms. The number of nitrogens with zero attached hydrogens (tertiary/aromatic N) is 1. The van der Waals surface area contributed by atoms with Gasteiger partial charge >= 0.3 is 5.97 Å². The van der Waals surface area contributed by atoms with Gasteiger partial charge in [-0.3, -0.25) is 9.59 Å². The van der Waals surface area contributed by atoms with Crippen molar-refractivity contribution in [3.63, 3.8) is 0 Å². The lowest BCUT2D eigenvalue weighted by atomic mass is 9.75. The summed E-state index contributed by atoms with van der Waals surface area (Å²) < 4.78 is 18.8. The number of carbonyl (C=O) groups excluding carboxylic acids is 2. The van der Waals surface area contributed by atoms with Crippen molar-refractivity contribution in [2.45, 2.75) is 125 Å². The molecule has 7 nitrogen and oxygen atoms in total. The topological polar surface area (TPSA) is 85.3 Å². The van der Waals surface area contributed by atoms with E-state index in [2.05, 4.69) is 27.7 Å². The number of ketones is 1. The molecule has 0 saturated carbocycles. The first-order valence-electron chi connectivity index (χ1n) is 14.8. The molecule has 2 aliphatic heterocycles. The average molecular weight is 538 g/mol. The van der Waals surface area contributed by atoms with Crippen LogP contribution in [0.4, 0.5) is 0 Å². The Labute approximate surface area is 231 Å². The molecule has 12 atom stereocenters. The molecule has 1 fully saturated rings. The molecule has 7 heteroatoms. The third-order valence-corrected chi connectivity index (χ3v) is 9.14. The quantitative estimate of drug-likeness (QED) is 0.480. The minimum absolute atomic E-state index is 0.00135. The zero-order valence-corrected chi connectivity index (χ0v) is 25.8. The highest BCUT2D eigenvalue weighted by atomic mass is 16.7. The van der Waals surface area contributed by atoms with Crippen LogP contribution in [-0.4, -0.2) is 72.6 Å². The molecule has 220 valence electrons. The zero-order chi connectivity index (χ0) is 28.9. The molecule has 1 N–H and O–H groups in total. The van der Waals surface area contributed by atoms with Crippen LogP contribution < -0.4 is 0 Å². The maximum absolute atomic E-state index is 13.4. The van der Waals surface area contributed by atoms with E-state index in [-0.39, 0.29) is 71.6 Å². The van der Waals surface area contributed by atoms with Gasteiger partial charge in [0.1, 0.15) is 12.2 Å². The number of hydrogen-bond donors (Lipinski definition) is 1. The van der Waals surface area contributed by atoms with Crippen molar-refractivity contribution in [3.05, 3.63) is 11.6 Å². The highest BCUT2D eigenvalue weighted by Crippen LogP contribution is 2.36. The van der Waals surface area contributed by atoms with E-state index in [1.54, 1.807) is 0 Å². The number of likely N-dealkylation sites (N-methyl/N-ethyl adjacent to an activating group) is 1. The summed E-state index contributed by atoms with van der Waals surface area (Å²) in [7, 11) is 3.92. The number of hydrogen-bond acceptors (Lipinski definition) is 7. The number of aliphatic hydroxyl groups excluding tert-OH is 1. The first-order valence-corrected chi connectivity index (χ1v) is 14.8. The molecule has 0 radical (unpaired) electrons. The monoisotopic (exact) mass is 537 g/mol. The standard InChI is InChI=1S/C31H55NO6/c1-12-13-26-17(2)14-18(3)27(33)19(4)15-20(5)29(23(8)22(7)24(9)30(35)37-26)38-31-28(34)25(32(10)11)16-21(6)36-31/h14,17,19-26,28-29,31,34H,12-13,15-16H2,1-11H3/b18-14+/t17-,19-,20+,21?,22+,23+,24-,25?,26-,28?,29?,31-/m1/s1. The largest absolute Gasteiger partial charge is 0.462 e. The first-order chi connectivity index (χ1) is 17.7. The molecule has 4 unspecified atom stereocenters. The second-order valence-electron chi connectivity index (χ2n) is 12.6. The summed E-state index contributed by atoms with van der Waals surface area (Å²) in [5, 5.41) is 11.2. The lowest BCUT2D eigenvalue weighted by Gasteiger charge is -2.44. The van der Waals surface area contributed by atoms with Gasteiger partial charge in [-0.2, -0.15) is 0 Å². The van der Waals surface area contributed by atoms with Crippen LogP contribution in [0, 0.1) is 35.5 Å². The number of ether oxygens (including phenoxy) is 3. The Morgan fingerprint density at radius 2 is 1.66 bits per heavy atom. The third kappa shape index (κ3) is 8.12. The molecular formula is C31H55NO6. The van der Waals surface area contributed by atoms with Gasteiger partial charge in [0.15, 0.2) is 12.1 Å². The Hall–Kier alpha value is -1.28. The van der Waals surface area contributed by atoms with E-state index >= 15 is 0 Å². The molecule has 0 aliphatic carbocycles. The Morgan fingerprint density at radius 1 is 1.03 bits per heavy atom. The second-order valence-corrected chi connectivity index (χ2v) is 12.6. The predicted molar refractivity (Wildman–Crippen MR) is 150 cm³/mol. The van der Waals surface area contributed by atoms with E-state index in [0.717, 1.165) is 19.3 Å². The molecule has 2 rings (SSSR count). The Balaban J connectivity index is 2.44. The summed E-state index contributed by atoms with van der Waals surface area (Å²) in [4.78, 5) is 28.7. The van der Waals surface area contributed by atoms with E-state index in [9.17, 15) is 14.7 Å². The van der Waals surface area contributed by atoms with Gasteiger partial charge in [-0.1, -0.05) is 61.0 Å². The Morgan fingerprint density at radius 3 is 2.24 bits per heavy atom. The number of aliphatic hydroxyl groups is 1. The molecular weight excluding hydrogens is 482 g/mol. The number of cyclic esters (lactones) is 1. The van der Waals surface area contributed by atoms with Gasteiger partial charge in [0.2, 0.25) is 0 Å². The summed E-state index contributed by atoms with van der Waals surface area (Å²) in [6.07, 6.45) is 2.76. The summed E-state index contributed by atoms with van der Waals surface area (Å²) in [6, 6.07) is -0.0787. The smallest absolute Gasteiger partial charge is 0.309 e. The lowest BCUT2D eigenvalue weighted by Crippen LogP contribution is -2.56. The van der Waals surface area contributed by atoms with E-state index in [1.807, 2.05) is 59.7 Å². The minimum Gasteiger partial charge on any atom is -0.462 e. The number of Topliss-reactive ketones (excluding diaryl/α,β-unsaturated/α-hetero) is 1. The van der Waals surface area contributed by atoms with Crippen LogP contribution in [0.5, 0.6) is 0 Å². The summed E-state index contributed by atoms with van der Waals surface area (Å²) >= 11 is 0. The highest BCUT2D eigenvalue weighted by molar-refractivity contribution is 5.96.